The highest BCUT2D eigenvalue weighted by atomic mass is 35.5. The third-order valence-corrected chi connectivity index (χ3v) is 12.9. The van der Waals surface area contributed by atoms with Gasteiger partial charge in [0.25, 0.3) is 0 Å². The number of halogens is 1. The van der Waals surface area contributed by atoms with Gasteiger partial charge in [-0.25, -0.2) is 0 Å². The number of hydrogen-bond donors (Lipinski definition) is 2. The molecule has 4 aliphatic rings. The fraction of sp³-hybridized carbons (Fsp3) is 0.806. The van der Waals surface area contributed by atoms with Gasteiger partial charge in [-0.2, -0.15) is 0 Å². The number of Topliss-reactive ketones (excluding diaryl/α,β-unsaturated/α-hetero) is 1. The molecule has 0 aromatic carbocycles. The van der Waals surface area contributed by atoms with Gasteiger partial charge in [0.2, 0.25) is 5.91 Å². The second-order valence-electron chi connectivity index (χ2n) is 13.9. The number of carbonyl (C=O) groups excluding carboxylic acids is 2. The van der Waals surface area contributed by atoms with Crippen LogP contribution in [0.1, 0.15) is 103 Å². The molecule has 4 fully saturated rings. The van der Waals surface area contributed by atoms with Gasteiger partial charge in [-0.3, -0.25) is 9.59 Å². The maximum absolute atomic E-state index is 13.6. The highest BCUT2D eigenvalue weighted by molar-refractivity contribution is 7.16. The lowest BCUT2D eigenvalue weighted by molar-refractivity contribution is -0.161. The molecule has 0 bridgehead atoms. The Hall–Kier alpha value is -0.910. The monoisotopic (exact) mass is 547 g/mol. The summed E-state index contributed by atoms with van der Waals surface area (Å²) in [6.07, 6.45) is 8.24. The van der Waals surface area contributed by atoms with E-state index in [1.54, 1.807) is 11.3 Å². The zero-order chi connectivity index (χ0) is 26.7. The van der Waals surface area contributed by atoms with Crippen molar-refractivity contribution < 1.29 is 14.7 Å². The summed E-state index contributed by atoms with van der Waals surface area (Å²) in [7, 11) is 0. The Bertz CT molecular complexity index is 1020. The minimum Gasteiger partial charge on any atom is -0.393 e. The molecule has 6 unspecified atom stereocenters. The summed E-state index contributed by atoms with van der Waals surface area (Å²) < 4.78 is 0.755. The summed E-state index contributed by atoms with van der Waals surface area (Å²) in [6, 6.07) is 3.93. The summed E-state index contributed by atoms with van der Waals surface area (Å²) in [4.78, 5) is 28.0. The molecule has 0 radical (unpaired) electrons. The number of rotatable bonds is 6. The van der Waals surface area contributed by atoms with E-state index in [1.165, 1.54) is 0 Å². The molecule has 10 atom stereocenters. The summed E-state index contributed by atoms with van der Waals surface area (Å²) in [5.41, 5.74) is 0.325. The first-order valence-corrected chi connectivity index (χ1v) is 15.9. The van der Waals surface area contributed by atoms with Crippen molar-refractivity contribution in [3.8, 4) is 0 Å². The van der Waals surface area contributed by atoms with Crippen molar-refractivity contribution in [2.45, 2.75) is 105 Å². The van der Waals surface area contributed by atoms with Gasteiger partial charge in [0.05, 0.1) is 16.5 Å². The Morgan fingerprint density at radius 3 is 2.49 bits per heavy atom. The Kier molecular flexibility index (Phi) is 7.66. The van der Waals surface area contributed by atoms with Gasteiger partial charge in [0.1, 0.15) is 5.78 Å². The third kappa shape index (κ3) is 4.84. The maximum Gasteiger partial charge on any atom is 0.220 e. The average Bonchev–Trinajstić information content (AvgIpc) is 3.41. The molecular weight excluding hydrogens is 502 g/mol. The van der Waals surface area contributed by atoms with Gasteiger partial charge in [0, 0.05) is 23.6 Å². The van der Waals surface area contributed by atoms with Crippen molar-refractivity contribution >= 4 is 34.6 Å². The smallest absolute Gasteiger partial charge is 0.220 e. The minimum absolute atomic E-state index is 0.0119. The first-order valence-electron chi connectivity index (χ1n) is 14.7. The van der Waals surface area contributed by atoms with Crippen LogP contribution in [-0.4, -0.2) is 22.9 Å². The fourth-order valence-electron chi connectivity index (χ4n) is 9.61. The molecule has 2 N–H and O–H groups in total. The van der Waals surface area contributed by atoms with E-state index >= 15 is 0 Å². The number of aliphatic hydroxyl groups excluding tert-OH is 1. The predicted octanol–water partition coefficient (Wildman–Crippen LogP) is 7.44. The number of aliphatic hydroxyl groups is 1. The van der Waals surface area contributed by atoms with Gasteiger partial charge in [-0.05, 0) is 103 Å². The molecule has 0 spiro atoms. The van der Waals surface area contributed by atoms with Crippen molar-refractivity contribution in [3.05, 3.63) is 21.3 Å². The molecule has 0 saturated heterocycles. The molecular formula is C31H46ClNO3S. The Morgan fingerprint density at radius 1 is 1.11 bits per heavy atom. The number of nitrogens with one attached hydrogen (secondary N) is 1. The van der Waals surface area contributed by atoms with Gasteiger partial charge in [0.15, 0.2) is 0 Å². The molecule has 1 aromatic rings. The number of ketones is 1. The highest BCUT2D eigenvalue weighted by Crippen LogP contribution is 2.67. The van der Waals surface area contributed by atoms with Crippen molar-refractivity contribution in [3.63, 3.8) is 0 Å². The van der Waals surface area contributed by atoms with E-state index in [2.05, 4.69) is 39.9 Å². The van der Waals surface area contributed by atoms with Crippen molar-refractivity contribution in [1.82, 2.24) is 5.32 Å². The van der Waals surface area contributed by atoms with E-state index in [0.29, 0.717) is 48.2 Å². The topological polar surface area (TPSA) is 66.4 Å². The molecule has 4 nitrogen and oxygen atoms in total. The maximum atomic E-state index is 13.6. The first-order chi connectivity index (χ1) is 17.4. The zero-order valence-electron chi connectivity index (χ0n) is 23.3. The van der Waals surface area contributed by atoms with E-state index < -0.39 is 0 Å². The predicted molar refractivity (Wildman–Crippen MR) is 150 cm³/mol. The second-order valence-corrected chi connectivity index (χ2v) is 15.6. The van der Waals surface area contributed by atoms with Crippen LogP contribution in [0.15, 0.2) is 12.1 Å². The fourth-order valence-corrected chi connectivity index (χ4v) is 10.9. The van der Waals surface area contributed by atoms with Gasteiger partial charge in [-0.1, -0.05) is 46.2 Å². The van der Waals surface area contributed by atoms with E-state index in [-0.39, 0.29) is 40.7 Å². The SMILES string of the molecule is CC(C)C(NC(=O)C[C@@H](C)C1CC[C@H]2C3C(=O)CC4C[C@H](O)CCC4(C)[C@H]3CCC12C)c1ccc(Cl)s1. The van der Waals surface area contributed by atoms with Gasteiger partial charge < -0.3 is 10.4 Å². The standard InChI is InChI=1S/C31H46ClNO3S/c1-17(2)29(25-8-9-26(32)37-25)33-27(36)14-18(3)21-6-7-22-28-23(11-13-31(21,22)5)30(4)12-10-20(34)15-19(30)16-24(28)35/h8-9,17-23,28-29,34H,6-7,10-16H2,1-5H3,(H,33,36)/t18-,19?,20-,21?,22+,23+,28?,29?,30?,31?/m1/s1. The van der Waals surface area contributed by atoms with Crippen molar-refractivity contribution in [2.24, 2.45) is 52.3 Å². The zero-order valence-corrected chi connectivity index (χ0v) is 24.8. The summed E-state index contributed by atoms with van der Waals surface area (Å²) in [5.74, 6) is 3.08. The second kappa shape index (κ2) is 10.2. The summed E-state index contributed by atoms with van der Waals surface area (Å²) in [5, 5.41) is 13.6. The number of amides is 1. The van der Waals surface area contributed by atoms with Gasteiger partial charge >= 0.3 is 0 Å². The van der Waals surface area contributed by atoms with E-state index in [9.17, 15) is 14.7 Å². The number of carbonyl (C=O) groups is 2. The van der Waals surface area contributed by atoms with Crippen LogP contribution in [0.5, 0.6) is 0 Å². The van der Waals surface area contributed by atoms with Crippen molar-refractivity contribution in [1.29, 1.82) is 0 Å². The largest absolute Gasteiger partial charge is 0.393 e. The summed E-state index contributed by atoms with van der Waals surface area (Å²) in [6.45, 7) is 11.4. The number of thiophene rings is 1. The Labute approximate surface area is 232 Å². The van der Waals surface area contributed by atoms with Crippen LogP contribution >= 0.6 is 22.9 Å². The van der Waals surface area contributed by atoms with E-state index in [1.807, 2.05) is 12.1 Å². The number of hydrogen-bond acceptors (Lipinski definition) is 4. The van der Waals surface area contributed by atoms with Crippen molar-refractivity contribution in [2.75, 3.05) is 0 Å². The van der Waals surface area contributed by atoms with E-state index in [4.69, 9.17) is 11.6 Å². The molecule has 37 heavy (non-hydrogen) atoms. The number of fused-ring (bicyclic) bond motifs is 5. The Morgan fingerprint density at radius 2 is 1.81 bits per heavy atom. The Balaban J connectivity index is 1.28. The molecule has 5 rings (SSSR count). The molecule has 206 valence electrons. The van der Waals surface area contributed by atoms with E-state index in [0.717, 1.165) is 54.2 Å². The lowest BCUT2D eigenvalue weighted by atomic mass is 9.44. The van der Waals surface area contributed by atoms with Crippen LogP contribution in [-0.2, 0) is 9.59 Å². The van der Waals surface area contributed by atoms with Crippen LogP contribution in [0, 0.1) is 52.3 Å². The molecule has 1 aromatic heterocycles. The normalized spacial score (nSPS) is 41.0. The lowest BCUT2D eigenvalue weighted by Gasteiger charge is -2.60. The van der Waals surface area contributed by atoms with Crippen LogP contribution in [0.4, 0.5) is 0 Å². The van der Waals surface area contributed by atoms with Crippen LogP contribution in [0.2, 0.25) is 4.34 Å². The van der Waals surface area contributed by atoms with Crippen LogP contribution in [0.3, 0.4) is 0 Å². The van der Waals surface area contributed by atoms with Crippen LogP contribution in [0.25, 0.3) is 0 Å². The third-order valence-electron chi connectivity index (χ3n) is 11.6. The molecule has 6 heteroatoms. The lowest BCUT2D eigenvalue weighted by Crippen LogP contribution is -2.57. The molecule has 1 amide bonds. The highest BCUT2D eigenvalue weighted by Gasteiger charge is 2.63. The molecule has 0 aliphatic heterocycles. The molecule has 4 saturated carbocycles. The van der Waals surface area contributed by atoms with Crippen LogP contribution < -0.4 is 5.32 Å². The average molecular weight is 548 g/mol. The summed E-state index contributed by atoms with van der Waals surface area (Å²) >= 11 is 7.73. The molecule has 1 heterocycles. The quantitative estimate of drug-likeness (QED) is 0.389. The minimum atomic E-state index is -0.230. The first kappa shape index (κ1) is 27.6. The molecule has 4 aliphatic carbocycles. The van der Waals surface area contributed by atoms with Gasteiger partial charge in [-0.15, -0.1) is 11.3 Å².